The maximum absolute atomic E-state index is 12.4. The van der Waals surface area contributed by atoms with E-state index in [1.54, 1.807) is 18.2 Å². The van der Waals surface area contributed by atoms with Gasteiger partial charge in [0.15, 0.2) is 11.5 Å². The van der Waals surface area contributed by atoms with Crippen molar-refractivity contribution in [2.45, 2.75) is 18.2 Å². The van der Waals surface area contributed by atoms with Crippen LogP contribution in [0.15, 0.2) is 45.8 Å². The van der Waals surface area contributed by atoms with E-state index in [1.807, 2.05) is 6.92 Å². The van der Waals surface area contributed by atoms with E-state index < -0.39 is 15.9 Å². The first-order valence-electron chi connectivity index (χ1n) is 7.99. The van der Waals surface area contributed by atoms with Crippen LogP contribution in [0.1, 0.15) is 12.5 Å². The van der Waals surface area contributed by atoms with Gasteiger partial charge in [-0.25, -0.2) is 13.1 Å². The summed E-state index contributed by atoms with van der Waals surface area (Å²) in [4.78, 5) is 12.2. The van der Waals surface area contributed by atoms with Gasteiger partial charge in [0, 0.05) is 0 Å². The van der Waals surface area contributed by atoms with Gasteiger partial charge in [-0.2, -0.15) is 0 Å². The van der Waals surface area contributed by atoms with Gasteiger partial charge in [0.25, 0.3) is 10.0 Å². The van der Waals surface area contributed by atoms with Crippen molar-refractivity contribution in [3.63, 3.8) is 0 Å². The predicted molar refractivity (Wildman–Crippen MR) is 104 cm³/mol. The number of hydrogen-bond acceptors (Lipinski definition) is 6. The van der Waals surface area contributed by atoms with Crippen LogP contribution >= 0.6 is 15.9 Å². The molecular formula is C18H20BrNO6S. The van der Waals surface area contributed by atoms with E-state index in [2.05, 4.69) is 20.7 Å². The lowest BCUT2D eigenvalue weighted by Gasteiger charge is -2.11. The van der Waals surface area contributed by atoms with Crippen LogP contribution in [0.25, 0.3) is 0 Å². The van der Waals surface area contributed by atoms with Crippen molar-refractivity contribution in [2.24, 2.45) is 0 Å². The number of halogens is 1. The predicted octanol–water partition coefficient (Wildman–Crippen LogP) is 2.91. The van der Waals surface area contributed by atoms with Crippen molar-refractivity contribution in [1.29, 1.82) is 0 Å². The zero-order valence-corrected chi connectivity index (χ0v) is 17.5. The third kappa shape index (κ3) is 5.36. The van der Waals surface area contributed by atoms with Gasteiger partial charge in [-0.3, -0.25) is 4.79 Å². The first-order valence-corrected chi connectivity index (χ1v) is 10.3. The minimum atomic E-state index is -4.00. The van der Waals surface area contributed by atoms with Crippen LogP contribution in [0.4, 0.5) is 0 Å². The second-order valence-corrected chi connectivity index (χ2v) is 7.96. The standard InChI is InChI=1S/C18H20BrNO6S/c1-4-26-15-8-6-13(11-14(15)19)27(22,23)20-18(21)10-12-5-7-16(24-2)17(9-12)25-3/h5-9,11H,4,10H2,1-3H3,(H,20,21). The van der Waals surface area contributed by atoms with Crippen molar-refractivity contribution in [3.8, 4) is 17.2 Å². The van der Waals surface area contributed by atoms with Gasteiger partial charge in [-0.15, -0.1) is 0 Å². The Labute approximate surface area is 166 Å². The topological polar surface area (TPSA) is 90.9 Å². The van der Waals surface area contributed by atoms with Crippen LogP contribution in [-0.4, -0.2) is 35.2 Å². The van der Waals surface area contributed by atoms with E-state index in [9.17, 15) is 13.2 Å². The highest BCUT2D eigenvalue weighted by Crippen LogP contribution is 2.29. The minimum absolute atomic E-state index is 0.0431. The fourth-order valence-corrected chi connectivity index (χ4v) is 4.00. The van der Waals surface area contributed by atoms with Gasteiger partial charge < -0.3 is 14.2 Å². The summed E-state index contributed by atoms with van der Waals surface area (Å²) in [7, 11) is -1.02. The number of amides is 1. The third-order valence-electron chi connectivity index (χ3n) is 3.57. The molecule has 2 aromatic rings. The molecule has 0 bridgehead atoms. The molecule has 1 N–H and O–H groups in total. The zero-order chi connectivity index (χ0) is 20.0. The number of benzene rings is 2. The molecule has 0 aliphatic heterocycles. The Morgan fingerprint density at radius 1 is 1.04 bits per heavy atom. The van der Waals surface area contributed by atoms with E-state index in [4.69, 9.17) is 14.2 Å². The molecule has 0 unspecified atom stereocenters. The Hall–Kier alpha value is -2.26. The summed E-state index contributed by atoms with van der Waals surface area (Å²) in [5.74, 6) is 0.843. The van der Waals surface area contributed by atoms with Crippen molar-refractivity contribution in [3.05, 3.63) is 46.4 Å². The van der Waals surface area contributed by atoms with Gasteiger partial charge in [0.05, 0.1) is 36.6 Å². The smallest absolute Gasteiger partial charge is 0.264 e. The lowest BCUT2D eigenvalue weighted by molar-refractivity contribution is -0.118. The summed E-state index contributed by atoms with van der Waals surface area (Å²) in [6.45, 7) is 2.28. The van der Waals surface area contributed by atoms with Gasteiger partial charge in [0.1, 0.15) is 5.75 Å². The Morgan fingerprint density at radius 3 is 2.30 bits per heavy atom. The van der Waals surface area contributed by atoms with Crippen LogP contribution in [0.3, 0.4) is 0 Å². The monoisotopic (exact) mass is 457 g/mol. The van der Waals surface area contributed by atoms with Crippen molar-refractivity contribution in [2.75, 3.05) is 20.8 Å². The Morgan fingerprint density at radius 2 is 1.70 bits per heavy atom. The molecule has 0 spiro atoms. The largest absolute Gasteiger partial charge is 0.493 e. The van der Waals surface area contributed by atoms with Crippen molar-refractivity contribution < 1.29 is 27.4 Å². The lowest BCUT2D eigenvalue weighted by atomic mass is 10.1. The summed E-state index contributed by atoms with van der Waals surface area (Å²) in [5.41, 5.74) is 0.591. The number of carbonyl (C=O) groups excluding carboxylic acids is 1. The van der Waals surface area contributed by atoms with Crippen molar-refractivity contribution >= 4 is 31.9 Å². The SMILES string of the molecule is CCOc1ccc(S(=O)(=O)NC(=O)Cc2ccc(OC)c(OC)c2)cc1Br. The maximum atomic E-state index is 12.4. The molecule has 0 aliphatic carbocycles. The number of carbonyl (C=O) groups is 1. The summed E-state index contributed by atoms with van der Waals surface area (Å²) >= 11 is 3.26. The fourth-order valence-electron chi connectivity index (χ4n) is 2.34. The molecule has 27 heavy (non-hydrogen) atoms. The second kappa shape index (κ2) is 9.09. The molecule has 0 radical (unpaired) electrons. The van der Waals surface area contributed by atoms with E-state index in [1.165, 1.54) is 32.4 Å². The van der Waals surface area contributed by atoms with Crippen molar-refractivity contribution in [1.82, 2.24) is 4.72 Å². The number of nitrogens with one attached hydrogen (secondary N) is 1. The normalized spacial score (nSPS) is 11.0. The summed E-state index contributed by atoms with van der Waals surface area (Å²) in [6, 6.07) is 9.23. The molecule has 0 fully saturated rings. The number of methoxy groups -OCH3 is 2. The second-order valence-electron chi connectivity index (χ2n) is 5.42. The van der Waals surface area contributed by atoms with Crippen LogP contribution in [0, 0.1) is 0 Å². The fraction of sp³-hybridized carbons (Fsp3) is 0.278. The third-order valence-corrected chi connectivity index (χ3v) is 5.56. The number of rotatable bonds is 8. The number of sulfonamides is 1. The summed E-state index contributed by atoms with van der Waals surface area (Å²) in [6.07, 6.45) is -0.127. The summed E-state index contributed by atoms with van der Waals surface area (Å²) < 4.78 is 43.1. The van der Waals surface area contributed by atoms with Gasteiger partial charge in [0.2, 0.25) is 5.91 Å². The van der Waals surface area contributed by atoms with E-state index >= 15 is 0 Å². The number of hydrogen-bond donors (Lipinski definition) is 1. The van der Waals surface area contributed by atoms with Crippen LogP contribution in [0.5, 0.6) is 17.2 Å². The Kier molecular flexibility index (Phi) is 7.09. The van der Waals surface area contributed by atoms with E-state index in [-0.39, 0.29) is 11.3 Å². The average molecular weight is 458 g/mol. The first-order chi connectivity index (χ1) is 12.8. The molecule has 0 atom stereocenters. The Bertz CT molecular complexity index is 929. The number of ether oxygens (including phenoxy) is 3. The maximum Gasteiger partial charge on any atom is 0.264 e. The van der Waals surface area contributed by atoms with Crippen LogP contribution in [0.2, 0.25) is 0 Å². The van der Waals surface area contributed by atoms with Gasteiger partial charge in [-0.1, -0.05) is 6.07 Å². The molecular weight excluding hydrogens is 438 g/mol. The molecule has 0 saturated carbocycles. The molecule has 0 aliphatic rings. The molecule has 0 aromatic heterocycles. The quantitative estimate of drug-likeness (QED) is 0.655. The van der Waals surface area contributed by atoms with E-state index in [0.717, 1.165) is 0 Å². The molecule has 2 aromatic carbocycles. The molecule has 7 nitrogen and oxygen atoms in total. The lowest BCUT2D eigenvalue weighted by Crippen LogP contribution is -2.31. The summed E-state index contributed by atoms with van der Waals surface area (Å²) in [5, 5.41) is 0. The molecule has 0 saturated heterocycles. The minimum Gasteiger partial charge on any atom is -0.493 e. The Balaban J connectivity index is 2.13. The van der Waals surface area contributed by atoms with E-state index in [0.29, 0.717) is 33.9 Å². The highest BCUT2D eigenvalue weighted by molar-refractivity contribution is 9.10. The van der Waals surface area contributed by atoms with Gasteiger partial charge in [-0.05, 0) is 58.7 Å². The molecule has 146 valence electrons. The average Bonchev–Trinajstić information content (AvgIpc) is 2.62. The first kappa shape index (κ1) is 21.0. The zero-order valence-electron chi connectivity index (χ0n) is 15.1. The van der Waals surface area contributed by atoms with Crippen LogP contribution < -0.4 is 18.9 Å². The molecule has 9 heteroatoms. The molecule has 0 heterocycles. The highest BCUT2D eigenvalue weighted by atomic mass is 79.9. The highest BCUT2D eigenvalue weighted by Gasteiger charge is 2.19. The van der Waals surface area contributed by atoms with Gasteiger partial charge >= 0.3 is 0 Å². The molecule has 2 rings (SSSR count). The van der Waals surface area contributed by atoms with Crippen LogP contribution in [-0.2, 0) is 21.2 Å². The molecule has 1 amide bonds.